The van der Waals surface area contributed by atoms with E-state index in [2.05, 4.69) is 36.6 Å². The fraction of sp³-hybridized carbons (Fsp3) is 0.615. The van der Waals surface area contributed by atoms with Gasteiger partial charge >= 0.3 is 0 Å². The van der Waals surface area contributed by atoms with Crippen LogP contribution >= 0.6 is 11.3 Å². The van der Waals surface area contributed by atoms with E-state index in [9.17, 15) is 4.79 Å². The minimum atomic E-state index is -0.000298. The van der Waals surface area contributed by atoms with Crippen molar-refractivity contribution < 1.29 is 9.53 Å². The van der Waals surface area contributed by atoms with Gasteiger partial charge in [-0.1, -0.05) is 0 Å². The molecule has 4 nitrogen and oxygen atoms in total. The lowest BCUT2D eigenvalue weighted by Crippen LogP contribution is -2.41. The van der Waals surface area contributed by atoms with Gasteiger partial charge in [0.2, 0.25) is 5.91 Å². The lowest BCUT2D eigenvalue weighted by Gasteiger charge is -2.15. The van der Waals surface area contributed by atoms with Crippen LogP contribution in [-0.2, 0) is 9.53 Å². The van der Waals surface area contributed by atoms with Gasteiger partial charge in [-0.2, -0.15) is 0 Å². The quantitative estimate of drug-likeness (QED) is 0.795. The number of carbonyl (C=O) groups is 1. The molecule has 1 rings (SSSR count). The zero-order valence-electron chi connectivity index (χ0n) is 11.4. The van der Waals surface area contributed by atoms with Crippen molar-refractivity contribution in [1.82, 2.24) is 10.6 Å². The van der Waals surface area contributed by atoms with E-state index in [-0.39, 0.29) is 18.0 Å². The largest absolute Gasteiger partial charge is 0.383 e. The van der Waals surface area contributed by atoms with E-state index in [4.69, 9.17) is 4.74 Å². The number of rotatable bonds is 7. The minimum Gasteiger partial charge on any atom is -0.383 e. The Labute approximate surface area is 113 Å². The fourth-order valence-corrected chi connectivity index (χ4v) is 2.55. The van der Waals surface area contributed by atoms with Crippen LogP contribution in [0, 0.1) is 6.92 Å². The molecule has 1 aromatic rings. The Balaban J connectivity index is 2.30. The van der Waals surface area contributed by atoms with Crippen LogP contribution < -0.4 is 10.6 Å². The lowest BCUT2D eigenvalue weighted by molar-refractivity contribution is -0.121. The van der Waals surface area contributed by atoms with Crippen molar-refractivity contribution in [2.24, 2.45) is 0 Å². The first-order chi connectivity index (χ1) is 8.52. The summed E-state index contributed by atoms with van der Waals surface area (Å²) in [7, 11) is 1.63. The summed E-state index contributed by atoms with van der Waals surface area (Å²) in [6.45, 7) is 6.93. The topological polar surface area (TPSA) is 50.4 Å². The maximum atomic E-state index is 11.6. The normalized spacial score (nSPS) is 14.2. The fourth-order valence-electron chi connectivity index (χ4n) is 1.65. The van der Waals surface area contributed by atoms with Crippen molar-refractivity contribution in [3.63, 3.8) is 0 Å². The van der Waals surface area contributed by atoms with Gasteiger partial charge in [-0.3, -0.25) is 4.79 Å². The van der Waals surface area contributed by atoms with Gasteiger partial charge in [-0.05, 0) is 32.9 Å². The van der Waals surface area contributed by atoms with Crippen LogP contribution in [0.1, 0.15) is 29.6 Å². The highest BCUT2D eigenvalue weighted by molar-refractivity contribution is 7.12. The third-order valence-electron chi connectivity index (χ3n) is 2.58. The van der Waals surface area contributed by atoms with E-state index in [0.717, 1.165) is 0 Å². The van der Waals surface area contributed by atoms with Crippen LogP contribution in [0.4, 0.5) is 0 Å². The second-order valence-corrected chi connectivity index (χ2v) is 5.79. The summed E-state index contributed by atoms with van der Waals surface area (Å²) >= 11 is 1.76. The van der Waals surface area contributed by atoms with Crippen molar-refractivity contribution in [1.29, 1.82) is 0 Å². The van der Waals surface area contributed by atoms with E-state index in [1.807, 2.05) is 6.92 Å². The molecule has 0 bridgehead atoms. The summed E-state index contributed by atoms with van der Waals surface area (Å²) in [6, 6.07) is 4.44. The van der Waals surface area contributed by atoms with Crippen LogP contribution in [0.2, 0.25) is 0 Å². The Morgan fingerprint density at radius 2 is 2.17 bits per heavy atom. The number of hydrogen-bond donors (Lipinski definition) is 2. The molecule has 0 aliphatic carbocycles. The van der Waals surface area contributed by atoms with Gasteiger partial charge in [0, 0.05) is 28.9 Å². The molecular formula is C13H22N2O2S. The molecule has 0 aliphatic rings. The molecule has 1 aromatic heterocycles. The van der Waals surface area contributed by atoms with E-state index in [1.165, 1.54) is 9.75 Å². The molecule has 0 fully saturated rings. The number of aryl methyl sites for hydroxylation is 1. The number of hydrogen-bond acceptors (Lipinski definition) is 4. The summed E-state index contributed by atoms with van der Waals surface area (Å²) in [5.74, 6) is -0.000298. The van der Waals surface area contributed by atoms with Crippen molar-refractivity contribution >= 4 is 17.2 Å². The standard InChI is InChI=1S/C13H22N2O2S/c1-9(8-17-4)15-13(16)7-14-11(3)12-6-5-10(2)18-12/h5-6,9,11,14H,7-8H2,1-4H3,(H,15,16). The van der Waals surface area contributed by atoms with Gasteiger partial charge in [0.05, 0.1) is 13.2 Å². The molecule has 2 N–H and O–H groups in total. The predicted molar refractivity (Wildman–Crippen MR) is 75.0 cm³/mol. The third kappa shape index (κ3) is 5.16. The zero-order valence-corrected chi connectivity index (χ0v) is 12.3. The first-order valence-electron chi connectivity index (χ1n) is 6.11. The SMILES string of the molecule is COCC(C)NC(=O)CNC(C)c1ccc(C)s1. The molecule has 18 heavy (non-hydrogen) atoms. The van der Waals surface area contributed by atoms with Crippen molar-refractivity contribution in [2.75, 3.05) is 20.3 Å². The minimum absolute atomic E-state index is 0.000298. The molecule has 0 radical (unpaired) electrons. The van der Waals surface area contributed by atoms with Gasteiger partial charge in [-0.15, -0.1) is 11.3 Å². The van der Waals surface area contributed by atoms with Crippen LogP contribution in [0.5, 0.6) is 0 Å². The van der Waals surface area contributed by atoms with Gasteiger partial charge in [0.25, 0.3) is 0 Å². The molecule has 2 atom stereocenters. The highest BCUT2D eigenvalue weighted by Crippen LogP contribution is 2.21. The predicted octanol–water partition coefficient (Wildman–Crippen LogP) is 1.86. The number of thiophene rings is 1. The number of amides is 1. The van der Waals surface area contributed by atoms with Gasteiger partial charge in [0.15, 0.2) is 0 Å². The maximum Gasteiger partial charge on any atom is 0.234 e. The highest BCUT2D eigenvalue weighted by Gasteiger charge is 2.11. The van der Waals surface area contributed by atoms with Gasteiger partial charge in [-0.25, -0.2) is 0 Å². The maximum absolute atomic E-state index is 11.6. The molecule has 0 spiro atoms. The average molecular weight is 270 g/mol. The lowest BCUT2D eigenvalue weighted by atomic mass is 10.2. The Hall–Kier alpha value is -0.910. The molecule has 0 aromatic carbocycles. The second-order valence-electron chi connectivity index (χ2n) is 4.47. The highest BCUT2D eigenvalue weighted by atomic mass is 32.1. The van der Waals surface area contributed by atoms with Crippen LogP contribution in [0.15, 0.2) is 12.1 Å². The summed E-state index contributed by atoms with van der Waals surface area (Å²) in [4.78, 5) is 14.2. The van der Waals surface area contributed by atoms with Crippen molar-refractivity contribution in [2.45, 2.75) is 32.9 Å². The van der Waals surface area contributed by atoms with Crippen LogP contribution in [-0.4, -0.2) is 32.2 Å². The van der Waals surface area contributed by atoms with E-state index >= 15 is 0 Å². The monoisotopic (exact) mass is 270 g/mol. The van der Waals surface area contributed by atoms with Crippen molar-refractivity contribution in [3.05, 3.63) is 21.9 Å². The molecular weight excluding hydrogens is 248 g/mol. The van der Waals surface area contributed by atoms with Gasteiger partial charge < -0.3 is 15.4 Å². The van der Waals surface area contributed by atoms with E-state index in [0.29, 0.717) is 13.2 Å². The summed E-state index contributed by atoms with van der Waals surface area (Å²) in [5.41, 5.74) is 0. The molecule has 0 saturated heterocycles. The first kappa shape index (κ1) is 15.1. The molecule has 5 heteroatoms. The summed E-state index contributed by atoms with van der Waals surface area (Å²) in [5, 5.41) is 6.09. The first-order valence-corrected chi connectivity index (χ1v) is 6.92. The van der Waals surface area contributed by atoms with Crippen LogP contribution in [0.25, 0.3) is 0 Å². The summed E-state index contributed by atoms with van der Waals surface area (Å²) in [6.07, 6.45) is 0. The van der Waals surface area contributed by atoms with Crippen LogP contribution in [0.3, 0.4) is 0 Å². The molecule has 0 saturated carbocycles. The number of ether oxygens (including phenoxy) is 1. The summed E-state index contributed by atoms with van der Waals surface area (Å²) < 4.78 is 4.97. The van der Waals surface area contributed by atoms with E-state index < -0.39 is 0 Å². The second kappa shape index (κ2) is 7.51. The number of carbonyl (C=O) groups excluding carboxylic acids is 1. The van der Waals surface area contributed by atoms with Gasteiger partial charge in [0.1, 0.15) is 0 Å². The number of methoxy groups -OCH3 is 1. The Morgan fingerprint density at radius 1 is 1.44 bits per heavy atom. The average Bonchev–Trinajstić information content (AvgIpc) is 2.73. The third-order valence-corrected chi connectivity index (χ3v) is 3.76. The number of nitrogens with one attached hydrogen (secondary N) is 2. The Bertz CT molecular complexity index is 379. The molecule has 1 amide bonds. The zero-order chi connectivity index (χ0) is 13.5. The molecule has 102 valence electrons. The van der Waals surface area contributed by atoms with E-state index in [1.54, 1.807) is 18.4 Å². The molecule has 2 unspecified atom stereocenters. The molecule has 1 heterocycles. The Morgan fingerprint density at radius 3 is 2.72 bits per heavy atom. The molecule has 0 aliphatic heterocycles. The Kier molecular flexibility index (Phi) is 6.32. The van der Waals surface area contributed by atoms with Crippen molar-refractivity contribution in [3.8, 4) is 0 Å². The smallest absolute Gasteiger partial charge is 0.234 e.